The third-order valence-corrected chi connectivity index (χ3v) is 3.08. The summed E-state index contributed by atoms with van der Waals surface area (Å²) in [6.45, 7) is 3.05. The number of alkyl halides is 1. The third kappa shape index (κ3) is 4.05. The minimum absolute atomic E-state index is 0.765. The van der Waals surface area contributed by atoms with Crippen molar-refractivity contribution in [2.45, 2.75) is 25.6 Å². The zero-order valence-corrected chi connectivity index (χ0v) is 9.44. The lowest BCUT2D eigenvalue weighted by atomic mass is 10.4. The van der Waals surface area contributed by atoms with Crippen LogP contribution < -0.4 is 0 Å². The van der Waals surface area contributed by atoms with E-state index in [-0.39, 0.29) is 0 Å². The van der Waals surface area contributed by atoms with E-state index < -0.39 is 0 Å². The summed E-state index contributed by atoms with van der Waals surface area (Å²) in [4.78, 5) is 0. The monoisotopic (exact) mass is 218 g/mol. The first kappa shape index (κ1) is 10.9. The minimum atomic E-state index is 0.765. The maximum absolute atomic E-state index is 5.58. The molecule has 0 bridgehead atoms. The number of aromatic nitrogens is 2. The maximum atomic E-state index is 5.58. The van der Waals surface area contributed by atoms with E-state index in [1.54, 1.807) is 0 Å². The summed E-state index contributed by atoms with van der Waals surface area (Å²) < 4.78 is 1.96. The number of rotatable bonds is 6. The van der Waals surface area contributed by atoms with E-state index in [0.717, 1.165) is 30.4 Å². The number of nitrogens with zero attached hydrogens (tertiary/aromatic N) is 2. The highest BCUT2D eigenvalue weighted by Crippen LogP contribution is 2.12. The number of thioether (sulfide) groups is 1. The maximum Gasteiger partial charge on any atom is 0.0530 e. The van der Waals surface area contributed by atoms with E-state index in [0.29, 0.717) is 0 Å². The molecule has 0 aliphatic rings. The number of hydrogen-bond donors (Lipinski definition) is 0. The standard InChI is InChI=1S/C9H15ClN2S/c1-2-12-7-9(6-11-12)8-13-5-3-4-10/h6-7H,2-5,8H2,1H3. The molecule has 0 unspecified atom stereocenters. The molecule has 0 aliphatic carbocycles. The zero-order chi connectivity index (χ0) is 9.52. The molecule has 0 radical (unpaired) electrons. The van der Waals surface area contributed by atoms with Crippen LogP contribution in [0.3, 0.4) is 0 Å². The fraction of sp³-hybridized carbons (Fsp3) is 0.667. The summed E-state index contributed by atoms with van der Waals surface area (Å²) in [6, 6.07) is 0. The Balaban J connectivity index is 2.20. The Kier molecular flexibility index (Phi) is 5.32. The van der Waals surface area contributed by atoms with Crippen molar-refractivity contribution in [2.75, 3.05) is 11.6 Å². The summed E-state index contributed by atoms with van der Waals surface area (Å²) >= 11 is 7.50. The van der Waals surface area contributed by atoms with Crippen LogP contribution in [0.2, 0.25) is 0 Å². The Bertz CT molecular complexity index is 237. The summed E-state index contributed by atoms with van der Waals surface area (Å²) in [6.07, 6.45) is 5.14. The Hall–Kier alpha value is -0.150. The molecule has 0 N–H and O–H groups in total. The highest BCUT2D eigenvalue weighted by atomic mass is 35.5. The van der Waals surface area contributed by atoms with Crippen molar-refractivity contribution >= 4 is 23.4 Å². The van der Waals surface area contributed by atoms with Crippen molar-refractivity contribution in [1.29, 1.82) is 0 Å². The van der Waals surface area contributed by atoms with Crippen LogP contribution in [0.25, 0.3) is 0 Å². The molecule has 0 saturated carbocycles. The molecule has 1 aromatic heterocycles. The van der Waals surface area contributed by atoms with E-state index >= 15 is 0 Å². The molecule has 1 aromatic rings. The summed E-state index contributed by atoms with van der Waals surface area (Å²) in [5.41, 5.74) is 1.31. The van der Waals surface area contributed by atoms with Gasteiger partial charge in [0.1, 0.15) is 0 Å². The summed E-state index contributed by atoms with van der Waals surface area (Å²) in [5, 5.41) is 4.21. The van der Waals surface area contributed by atoms with Gasteiger partial charge in [0.2, 0.25) is 0 Å². The van der Waals surface area contributed by atoms with Gasteiger partial charge in [-0.1, -0.05) is 0 Å². The smallest absolute Gasteiger partial charge is 0.0530 e. The highest BCUT2D eigenvalue weighted by molar-refractivity contribution is 7.98. The first-order chi connectivity index (χ1) is 6.36. The molecule has 1 rings (SSSR count). The molecule has 0 atom stereocenters. The van der Waals surface area contributed by atoms with Crippen LogP contribution in [0.1, 0.15) is 18.9 Å². The van der Waals surface area contributed by atoms with Crippen LogP contribution >= 0.6 is 23.4 Å². The van der Waals surface area contributed by atoms with Gasteiger partial charge in [0, 0.05) is 24.4 Å². The Morgan fingerprint density at radius 3 is 3.08 bits per heavy atom. The van der Waals surface area contributed by atoms with Gasteiger partial charge in [-0.25, -0.2) is 0 Å². The molecule has 0 spiro atoms. The van der Waals surface area contributed by atoms with Gasteiger partial charge in [0.05, 0.1) is 6.20 Å². The molecule has 1 heterocycles. The molecular formula is C9H15ClN2S. The fourth-order valence-electron chi connectivity index (χ4n) is 1.00. The van der Waals surface area contributed by atoms with Crippen LogP contribution in [0, 0.1) is 0 Å². The molecule has 0 fully saturated rings. The van der Waals surface area contributed by atoms with Gasteiger partial charge in [0.25, 0.3) is 0 Å². The van der Waals surface area contributed by atoms with Crippen LogP contribution in [-0.4, -0.2) is 21.4 Å². The fourth-order valence-corrected chi connectivity index (χ4v) is 2.17. The normalized spacial score (nSPS) is 10.6. The molecule has 74 valence electrons. The second-order valence-corrected chi connectivity index (χ2v) is 4.28. The molecule has 0 amide bonds. The Morgan fingerprint density at radius 1 is 1.62 bits per heavy atom. The summed E-state index contributed by atoms with van der Waals surface area (Å²) in [5.74, 6) is 2.96. The highest BCUT2D eigenvalue weighted by Gasteiger charge is 1.96. The van der Waals surface area contributed by atoms with Crippen LogP contribution in [0.4, 0.5) is 0 Å². The molecule has 0 saturated heterocycles. The predicted octanol–water partition coefficient (Wildman–Crippen LogP) is 2.77. The third-order valence-electron chi connectivity index (χ3n) is 1.70. The van der Waals surface area contributed by atoms with Crippen molar-refractivity contribution in [3.8, 4) is 0 Å². The van der Waals surface area contributed by atoms with E-state index in [4.69, 9.17) is 11.6 Å². The number of hydrogen-bond acceptors (Lipinski definition) is 2. The Morgan fingerprint density at radius 2 is 2.46 bits per heavy atom. The zero-order valence-electron chi connectivity index (χ0n) is 7.87. The largest absolute Gasteiger partial charge is 0.273 e. The molecular weight excluding hydrogens is 204 g/mol. The first-order valence-electron chi connectivity index (χ1n) is 4.52. The van der Waals surface area contributed by atoms with Crippen LogP contribution in [0.15, 0.2) is 12.4 Å². The lowest BCUT2D eigenvalue weighted by molar-refractivity contribution is 0.659. The van der Waals surface area contributed by atoms with Gasteiger partial charge in [-0.3, -0.25) is 4.68 Å². The second kappa shape index (κ2) is 6.33. The van der Waals surface area contributed by atoms with Crippen LogP contribution in [0.5, 0.6) is 0 Å². The van der Waals surface area contributed by atoms with Gasteiger partial charge in [-0.05, 0) is 24.7 Å². The van der Waals surface area contributed by atoms with Gasteiger partial charge in [-0.2, -0.15) is 16.9 Å². The number of aryl methyl sites for hydroxylation is 1. The van der Waals surface area contributed by atoms with E-state index in [2.05, 4.69) is 18.2 Å². The molecule has 0 aliphatic heterocycles. The van der Waals surface area contributed by atoms with Crippen LogP contribution in [-0.2, 0) is 12.3 Å². The van der Waals surface area contributed by atoms with E-state index in [1.807, 2.05) is 22.6 Å². The van der Waals surface area contributed by atoms with Crippen molar-refractivity contribution < 1.29 is 0 Å². The van der Waals surface area contributed by atoms with Crippen molar-refractivity contribution in [3.05, 3.63) is 18.0 Å². The van der Waals surface area contributed by atoms with Gasteiger partial charge in [-0.15, -0.1) is 11.6 Å². The quantitative estimate of drug-likeness (QED) is 0.540. The molecule has 4 heteroatoms. The molecule has 13 heavy (non-hydrogen) atoms. The SMILES string of the molecule is CCn1cc(CSCCCCl)cn1. The van der Waals surface area contributed by atoms with Gasteiger partial charge >= 0.3 is 0 Å². The lowest BCUT2D eigenvalue weighted by Crippen LogP contribution is -1.92. The second-order valence-electron chi connectivity index (χ2n) is 2.80. The summed E-state index contributed by atoms with van der Waals surface area (Å²) in [7, 11) is 0. The van der Waals surface area contributed by atoms with E-state index in [9.17, 15) is 0 Å². The van der Waals surface area contributed by atoms with Crippen molar-refractivity contribution in [3.63, 3.8) is 0 Å². The lowest BCUT2D eigenvalue weighted by Gasteiger charge is -1.96. The minimum Gasteiger partial charge on any atom is -0.273 e. The van der Waals surface area contributed by atoms with Gasteiger partial charge < -0.3 is 0 Å². The number of halogens is 1. The van der Waals surface area contributed by atoms with Gasteiger partial charge in [0.15, 0.2) is 0 Å². The first-order valence-corrected chi connectivity index (χ1v) is 6.20. The molecule has 0 aromatic carbocycles. The Labute approximate surface area is 88.7 Å². The average molecular weight is 219 g/mol. The topological polar surface area (TPSA) is 17.8 Å². The predicted molar refractivity (Wildman–Crippen MR) is 59.4 cm³/mol. The van der Waals surface area contributed by atoms with E-state index in [1.165, 1.54) is 5.56 Å². The van der Waals surface area contributed by atoms with Crippen molar-refractivity contribution in [2.24, 2.45) is 0 Å². The molecule has 2 nitrogen and oxygen atoms in total. The van der Waals surface area contributed by atoms with Crippen molar-refractivity contribution in [1.82, 2.24) is 9.78 Å². The average Bonchev–Trinajstić information content (AvgIpc) is 2.60.